The Kier molecular flexibility index (Phi) is 4.57. The summed E-state index contributed by atoms with van der Waals surface area (Å²) < 4.78 is 80.6. The number of hydrogen-bond acceptors (Lipinski definition) is 2. The number of benzene rings is 1. The summed E-state index contributed by atoms with van der Waals surface area (Å²) in [6, 6.07) is 2.96. The third-order valence-electron chi connectivity index (χ3n) is 2.14. The van der Waals surface area contributed by atoms with Crippen LogP contribution in [0.15, 0.2) is 30.9 Å². The predicted molar refractivity (Wildman–Crippen MR) is 58.1 cm³/mol. The summed E-state index contributed by atoms with van der Waals surface area (Å²) in [6.07, 6.45) is -9.15. The molecule has 1 atom stereocenters. The number of hydrogen-bond donors (Lipinski definition) is 0. The molecule has 1 aromatic rings. The number of allylic oxidation sites excluding steroid dienone is 1. The molecule has 1 unspecified atom stereocenters. The van der Waals surface area contributed by atoms with Crippen LogP contribution in [0.5, 0.6) is 11.5 Å². The van der Waals surface area contributed by atoms with Gasteiger partial charge in [0.2, 0.25) is 0 Å². The van der Waals surface area contributed by atoms with E-state index in [4.69, 9.17) is 0 Å². The van der Waals surface area contributed by atoms with E-state index in [0.717, 1.165) is 18.2 Å². The summed E-state index contributed by atoms with van der Waals surface area (Å²) in [4.78, 5) is 0. The van der Waals surface area contributed by atoms with E-state index in [9.17, 15) is 26.3 Å². The van der Waals surface area contributed by atoms with Crippen molar-refractivity contribution in [1.29, 1.82) is 0 Å². The Hall–Kier alpha value is -1.86. The number of rotatable bonds is 4. The zero-order valence-electron chi connectivity index (χ0n) is 9.89. The van der Waals surface area contributed by atoms with E-state index < -0.39 is 30.1 Å². The van der Waals surface area contributed by atoms with E-state index in [2.05, 4.69) is 23.0 Å². The maximum Gasteiger partial charge on any atom is 0.573 e. The second-order valence-electron chi connectivity index (χ2n) is 3.61. The molecule has 0 fully saturated rings. The first-order valence-corrected chi connectivity index (χ1v) is 5.13. The summed E-state index contributed by atoms with van der Waals surface area (Å²) in [5, 5.41) is 0. The highest BCUT2D eigenvalue weighted by atomic mass is 19.4. The number of para-hydroxylation sites is 1. The van der Waals surface area contributed by atoms with Crippen LogP contribution < -0.4 is 9.47 Å². The van der Waals surface area contributed by atoms with Gasteiger partial charge in [-0.15, -0.1) is 32.9 Å². The summed E-state index contributed by atoms with van der Waals surface area (Å²) in [5.41, 5.74) is -0.223. The zero-order valence-corrected chi connectivity index (χ0v) is 9.89. The first-order chi connectivity index (χ1) is 9.03. The van der Waals surface area contributed by atoms with Gasteiger partial charge in [-0.25, -0.2) is 0 Å². The van der Waals surface area contributed by atoms with Crippen LogP contribution >= 0.6 is 0 Å². The molecule has 0 heterocycles. The van der Waals surface area contributed by atoms with Crippen molar-refractivity contribution in [3.63, 3.8) is 0 Å². The molecular weight excluding hydrogens is 290 g/mol. The van der Waals surface area contributed by atoms with Gasteiger partial charge in [-0.2, -0.15) is 0 Å². The van der Waals surface area contributed by atoms with Gasteiger partial charge in [0, 0.05) is 11.5 Å². The van der Waals surface area contributed by atoms with Crippen LogP contribution in [0, 0.1) is 6.92 Å². The maximum atomic E-state index is 12.3. The molecule has 1 rings (SSSR count). The third-order valence-corrected chi connectivity index (χ3v) is 2.14. The van der Waals surface area contributed by atoms with Crippen molar-refractivity contribution >= 4 is 0 Å². The second kappa shape index (κ2) is 5.64. The zero-order chi connectivity index (χ0) is 15.6. The molecule has 20 heavy (non-hydrogen) atoms. The van der Waals surface area contributed by atoms with Gasteiger partial charge in [0.1, 0.15) is 0 Å². The quantitative estimate of drug-likeness (QED) is 0.598. The Morgan fingerprint density at radius 2 is 1.55 bits per heavy atom. The third kappa shape index (κ3) is 4.67. The Labute approximate surface area is 110 Å². The summed E-state index contributed by atoms with van der Waals surface area (Å²) in [7, 11) is 0. The molecule has 0 saturated heterocycles. The van der Waals surface area contributed by atoms with E-state index in [1.807, 2.05) is 0 Å². The predicted octanol–water partition coefficient (Wildman–Crippen LogP) is 4.59. The Bertz CT molecular complexity index is 478. The van der Waals surface area contributed by atoms with Crippen molar-refractivity contribution in [3.05, 3.63) is 43.3 Å². The lowest BCUT2D eigenvalue weighted by Crippen LogP contribution is -2.22. The fourth-order valence-electron chi connectivity index (χ4n) is 1.38. The molecule has 0 bridgehead atoms. The van der Waals surface area contributed by atoms with Crippen molar-refractivity contribution in [1.82, 2.24) is 0 Å². The van der Waals surface area contributed by atoms with Crippen molar-refractivity contribution in [2.75, 3.05) is 0 Å². The van der Waals surface area contributed by atoms with Gasteiger partial charge in [0.25, 0.3) is 0 Å². The highest BCUT2D eigenvalue weighted by Crippen LogP contribution is 2.41. The van der Waals surface area contributed by atoms with Gasteiger partial charge in [-0.3, -0.25) is 0 Å². The molecular formula is C12H9F6O2. The molecule has 8 heteroatoms. The smallest absolute Gasteiger partial charge is 0.402 e. The number of alkyl halides is 6. The van der Waals surface area contributed by atoms with E-state index in [1.165, 1.54) is 0 Å². The largest absolute Gasteiger partial charge is 0.573 e. The Morgan fingerprint density at radius 3 is 2.00 bits per heavy atom. The molecule has 0 amide bonds. The first kappa shape index (κ1) is 16.2. The normalized spacial score (nSPS) is 13.8. The van der Waals surface area contributed by atoms with Gasteiger partial charge in [0.15, 0.2) is 11.5 Å². The van der Waals surface area contributed by atoms with E-state index >= 15 is 0 Å². The minimum atomic E-state index is -5.17. The van der Waals surface area contributed by atoms with Crippen LogP contribution in [0.4, 0.5) is 26.3 Å². The molecule has 1 radical (unpaired) electrons. The Balaban J connectivity index is 3.32. The average Bonchev–Trinajstić information content (AvgIpc) is 2.26. The van der Waals surface area contributed by atoms with Crippen LogP contribution in [-0.2, 0) is 0 Å². The van der Waals surface area contributed by atoms with Crippen LogP contribution in [0.25, 0.3) is 0 Å². The fraction of sp³-hybridized carbons (Fsp3) is 0.250. The minimum Gasteiger partial charge on any atom is -0.402 e. The molecule has 1 aromatic carbocycles. The van der Waals surface area contributed by atoms with Gasteiger partial charge >= 0.3 is 12.7 Å². The molecule has 0 saturated carbocycles. The maximum absolute atomic E-state index is 12.3. The molecule has 0 N–H and O–H groups in total. The van der Waals surface area contributed by atoms with E-state index in [-0.39, 0.29) is 5.56 Å². The standard InChI is InChI=1S/C12H9F6O2/c1-3-7(2)8-5-4-6-9(19-11(13,14)15)10(8)20-12(16,17)18/h3-7H,1-2H2. The lowest BCUT2D eigenvalue weighted by molar-refractivity contribution is -0.287. The molecule has 0 aromatic heterocycles. The number of halogens is 6. The average molecular weight is 299 g/mol. The first-order valence-electron chi connectivity index (χ1n) is 5.13. The molecule has 0 spiro atoms. The van der Waals surface area contributed by atoms with E-state index in [1.54, 1.807) is 0 Å². The monoisotopic (exact) mass is 299 g/mol. The summed E-state index contributed by atoms with van der Waals surface area (Å²) >= 11 is 0. The van der Waals surface area contributed by atoms with Crippen molar-refractivity contribution in [2.45, 2.75) is 18.6 Å². The molecule has 0 aliphatic heterocycles. The van der Waals surface area contributed by atoms with Crippen LogP contribution in [0.3, 0.4) is 0 Å². The van der Waals surface area contributed by atoms with Crippen LogP contribution in [0.1, 0.15) is 11.5 Å². The molecule has 0 aliphatic carbocycles. The van der Waals surface area contributed by atoms with Gasteiger partial charge in [-0.1, -0.05) is 18.2 Å². The van der Waals surface area contributed by atoms with Gasteiger partial charge in [-0.05, 0) is 13.0 Å². The van der Waals surface area contributed by atoms with Crippen molar-refractivity contribution in [2.24, 2.45) is 0 Å². The molecule has 111 valence electrons. The number of ether oxygens (including phenoxy) is 2. The fourth-order valence-corrected chi connectivity index (χ4v) is 1.38. The second-order valence-corrected chi connectivity index (χ2v) is 3.61. The highest BCUT2D eigenvalue weighted by molar-refractivity contribution is 5.50. The van der Waals surface area contributed by atoms with Crippen molar-refractivity contribution in [3.8, 4) is 11.5 Å². The van der Waals surface area contributed by atoms with Gasteiger partial charge < -0.3 is 9.47 Å². The Morgan fingerprint density at radius 1 is 1.00 bits per heavy atom. The molecule has 2 nitrogen and oxygen atoms in total. The lowest BCUT2D eigenvalue weighted by Gasteiger charge is -2.19. The van der Waals surface area contributed by atoms with Crippen LogP contribution in [-0.4, -0.2) is 12.7 Å². The lowest BCUT2D eigenvalue weighted by atomic mass is 10.00. The highest BCUT2D eigenvalue weighted by Gasteiger charge is 2.37. The van der Waals surface area contributed by atoms with Crippen LogP contribution in [0.2, 0.25) is 0 Å². The topological polar surface area (TPSA) is 18.5 Å². The van der Waals surface area contributed by atoms with E-state index in [0.29, 0.717) is 6.07 Å². The summed E-state index contributed by atoms with van der Waals surface area (Å²) in [6.45, 7) is 6.77. The summed E-state index contributed by atoms with van der Waals surface area (Å²) in [5.74, 6) is -3.08. The van der Waals surface area contributed by atoms with Crippen molar-refractivity contribution < 1.29 is 35.8 Å². The SMILES string of the molecule is [CH2]C(C=C)c1cccc(OC(F)(F)F)c1OC(F)(F)F. The van der Waals surface area contributed by atoms with Gasteiger partial charge in [0.05, 0.1) is 0 Å². The minimum absolute atomic E-state index is 0.223. The molecule has 0 aliphatic rings.